The largest absolute Gasteiger partial charge is 0.494 e. The molecule has 7 heteroatoms. The van der Waals surface area contributed by atoms with Crippen molar-refractivity contribution < 1.29 is 23.4 Å². The van der Waals surface area contributed by atoms with Crippen molar-refractivity contribution in [3.05, 3.63) is 103 Å². The lowest BCUT2D eigenvalue weighted by molar-refractivity contribution is -0.138. The zero-order chi connectivity index (χ0) is 25.5. The summed E-state index contributed by atoms with van der Waals surface area (Å²) in [5.41, 5.74) is 3.02. The first-order valence-corrected chi connectivity index (χ1v) is 12.0. The fourth-order valence-electron chi connectivity index (χ4n) is 3.82. The molecule has 0 amide bonds. The molecule has 3 aromatic carbocycles. The third-order valence-electron chi connectivity index (χ3n) is 5.55. The fraction of sp³-hybridized carbons (Fsp3) is 0.133. The van der Waals surface area contributed by atoms with Gasteiger partial charge in [0.25, 0.3) is 0 Å². The highest BCUT2D eigenvalue weighted by molar-refractivity contribution is 5.89. The van der Waals surface area contributed by atoms with Gasteiger partial charge in [0.05, 0.1) is 12.3 Å². The summed E-state index contributed by atoms with van der Waals surface area (Å²) >= 11 is 0. The molecule has 0 N–H and O–H groups in total. The minimum absolute atomic E-state index is 0.121. The van der Waals surface area contributed by atoms with Crippen molar-refractivity contribution in [2.45, 2.75) is 6.92 Å². The summed E-state index contributed by atoms with van der Waals surface area (Å²) in [5, 5.41) is 5.72. The number of hydrogen-bond acceptors (Lipinski definition) is 6. The van der Waals surface area contributed by atoms with E-state index >= 15 is 0 Å². The third-order valence-corrected chi connectivity index (χ3v) is 5.55. The molecule has 2 heterocycles. The molecule has 0 bridgehead atoms. The minimum atomic E-state index is -0.474. The van der Waals surface area contributed by atoms with Crippen LogP contribution in [-0.2, 0) is 9.53 Å². The van der Waals surface area contributed by atoms with E-state index in [1.807, 2.05) is 98.0 Å². The summed E-state index contributed by atoms with van der Waals surface area (Å²) in [6.45, 7) is 2.90. The Balaban J connectivity index is 1.26. The zero-order valence-electron chi connectivity index (χ0n) is 20.4. The highest BCUT2D eigenvalue weighted by atomic mass is 16.6. The molecule has 0 spiro atoms. The monoisotopic (exact) mass is 494 g/mol. The molecule has 37 heavy (non-hydrogen) atoms. The Hall–Kier alpha value is -4.78. The number of furan rings is 1. The Labute approximate surface area is 214 Å². The van der Waals surface area contributed by atoms with Gasteiger partial charge >= 0.3 is 5.97 Å². The van der Waals surface area contributed by atoms with Crippen molar-refractivity contribution in [3.63, 3.8) is 0 Å². The van der Waals surface area contributed by atoms with Crippen molar-refractivity contribution >= 4 is 23.0 Å². The molecule has 7 nitrogen and oxygen atoms in total. The van der Waals surface area contributed by atoms with E-state index in [1.54, 1.807) is 10.8 Å². The smallest absolute Gasteiger partial charge is 0.330 e. The standard InChI is InChI=1S/C30H26N2O5/c1-2-34-25-13-15-26(16-14-25)35-18-19-36-29(33)17-12-23-21-32(24-9-4-3-5-10-24)31-30(23)28-20-22-8-6-7-11-27(22)37-28/h3-17,20-21H,2,18-19H2,1H3. The number of aromatic nitrogens is 2. The van der Waals surface area contributed by atoms with Gasteiger partial charge in [-0.25, -0.2) is 9.48 Å². The van der Waals surface area contributed by atoms with Gasteiger partial charge in [-0.1, -0.05) is 36.4 Å². The molecule has 0 radical (unpaired) electrons. The average Bonchev–Trinajstić information content (AvgIpc) is 3.56. The second kappa shape index (κ2) is 11.3. The molecular formula is C30H26N2O5. The van der Waals surface area contributed by atoms with E-state index in [9.17, 15) is 4.79 Å². The van der Waals surface area contributed by atoms with E-state index in [0.29, 0.717) is 23.8 Å². The maximum absolute atomic E-state index is 12.4. The van der Waals surface area contributed by atoms with Gasteiger partial charge in [0.1, 0.15) is 36.0 Å². The summed E-state index contributed by atoms with van der Waals surface area (Å²) in [6.07, 6.45) is 4.93. The first kappa shape index (κ1) is 23.9. The van der Waals surface area contributed by atoms with E-state index in [-0.39, 0.29) is 13.2 Å². The van der Waals surface area contributed by atoms with Crippen LogP contribution in [0.2, 0.25) is 0 Å². The molecule has 5 rings (SSSR count). The molecule has 0 fully saturated rings. The normalized spacial score (nSPS) is 11.2. The molecule has 0 atom stereocenters. The van der Waals surface area contributed by atoms with Crippen molar-refractivity contribution in [1.82, 2.24) is 9.78 Å². The number of benzene rings is 3. The maximum Gasteiger partial charge on any atom is 0.330 e. The van der Waals surface area contributed by atoms with Gasteiger partial charge in [0.2, 0.25) is 0 Å². The Morgan fingerprint density at radius 2 is 1.65 bits per heavy atom. The predicted molar refractivity (Wildman–Crippen MR) is 142 cm³/mol. The first-order chi connectivity index (χ1) is 18.2. The molecular weight excluding hydrogens is 468 g/mol. The van der Waals surface area contributed by atoms with Crippen LogP contribution in [0.25, 0.3) is 34.2 Å². The van der Waals surface area contributed by atoms with Crippen LogP contribution >= 0.6 is 0 Å². The number of fused-ring (bicyclic) bond motifs is 1. The van der Waals surface area contributed by atoms with Crippen LogP contribution in [0, 0.1) is 0 Å². The van der Waals surface area contributed by atoms with Gasteiger partial charge in [0, 0.05) is 23.2 Å². The summed E-state index contributed by atoms with van der Waals surface area (Å²) in [4.78, 5) is 12.4. The van der Waals surface area contributed by atoms with Crippen LogP contribution < -0.4 is 9.47 Å². The molecule has 186 valence electrons. The number of rotatable bonds is 10. The number of esters is 1. The van der Waals surface area contributed by atoms with Crippen LogP contribution in [0.4, 0.5) is 0 Å². The van der Waals surface area contributed by atoms with Crippen LogP contribution in [0.1, 0.15) is 12.5 Å². The number of ether oxygens (including phenoxy) is 3. The Kier molecular flexibility index (Phi) is 7.31. The second-order valence-electron chi connectivity index (χ2n) is 8.12. The van der Waals surface area contributed by atoms with Gasteiger partial charge in [-0.3, -0.25) is 0 Å². The van der Waals surface area contributed by atoms with E-state index in [4.69, 9.17) is 23.7 Å². The highest BCUT2D eigenvalue weighted by Gasteiger charge is 2.15. The lowest BCUT2D eigenvalue weighted by Gasteiger charge is -2.07. The van der Waals surface area contributed by atoms with Crippen molar-refractivity contribution in [1.29, 1.82) is 0 Å². The molecule has 0 saturated carbocycles. The van der Waals surface area contributed by atoms with Crippen LogP contribution in [-0.4, -0.2) is 35.6 Å². The number of hydrogen-bond donors (Lipinski definition) is 0. The van der Waals surface area contributed by atoms with Gasteiger partial charge in [-0.15, -0.1) is 0 Å². The van der Waals surface area contributed by atoms with E-state index in [1.165, 1.54) is 6.08 Å². The summed E-state index contributed by atoms with van der Waals surface area (Å²) in [7, 11) is 0. The van der Waals surface area contributed by atoms with Gasteiger partial charge < -0.3 is 18.6 Å². The number of para-hydroxylation sites is 2. The molecule has 2 aromatic heterocycles. The van der Waals surface area contributed by atoms with Crippen molar-refractivity contribution in [2.75, 3.05) is 19.8 Å². The lowest BCUT2D eigenvalue weighted by atomic mass is 10.2. The second-order valence-corrected chi connectivity index (χ2v) is 8.12. The SMILES string of the molecule is CCOc1ccc(OCCOC(=O)C=Cc2cn(-c3ccccc3)nc2-c2cc3ccccc3o2)cc1. The van der Waals surface area contributed by atoms with Gasteiger partial charge in [0.15, 0.2) is 5.76 Å². The molecule has 0 aliphatic rings. The van der Waals surface area contributed by atoms with Gasteiger partial charge in [-0.05, 0) is 61.5 Å². The Morgan fingerprint density at radius 1 is 0.919 bits per heavy atom. The average molecular weight is 495 g/mol. The fourth-order valence-corrected chi connectivity index (χ4v) is 3.82. The summed E-state index contributed by atoms with van der Waals surface area (Å²) in [5.74, 6) is 1.61. The van der Waals surface area contributed by atoms with Crippen LogP contribution in [0.15, 0.2) is 102 Å². The number of carbonyl (C=O) groups is 1. The summed E-state index contributed by atoms with van der Waals surface area (Å²) in [6, 6.07) is 26.8. The van der Waals surface area contributed by atoms with Gasteiger partial charge in [-0.2, -0.15) is 5.10 Å². The van der Waals surface area contributed by atoms with Crippen LogP contribution in [0.3, 0.4) is 0 Å². The van der Waals surface area contributed by atoms with E-state index < -0.39 is 5.97 Å². The van der Waals surface area contributed by atoms with Crippen LogP contribution in [0.5, 0.6) is 11.5 Å². The quantitative estimate of drug-likeness (QED) is 0.128. The maximum atomic E-state index is 12.4. The molecule has 0 saturated heterocycles. The first-order valence-electron chi connectivity index (χ1n) is 12.0. The third kappa shape index (κ3) is 5.90. The minimum Gasteiger partial charge on any atom is -0.494 e. The van der Waals surface area contributed by atoms with E-state index in [2.05, 4.69) is 0 Å². The molecule has 0 aliphatic carbocycles. The summed E-state index contributed by atoms with van der Waals surface area (Å²) < 4.78 is 24.2. The lowest BCUT2D eigenvalue weighted by Crippen LogP contribution is -2.10. The molecule has 5 aromatic rings. The molecule has 0 unspecified atom stereocenters. The Bertz CT molecular complexity index is 1470. The van der Waals surface area contributed by atoms with E-state index in [0.717, 1.165) is 28.0 Å². The highest BCUT2D eigenvalue weighted by Crippen LogP contribution is 2.30. The zero-order valence-corrected chi connectivity index (χ0v) is 20.4. The number of nitrogens with zero attached hydrogens (tertiary/aromatic N) is 2. The predicted octanol–water partition coefficient (Wildman–Crippen LogP) is 6.32. The Morgan fingerprint density at radius 3 is 2.41 bits per heavy atom. The molecule has 0 aliphatic heterocycles. The topological polar surface area (TPSA) is 75.7 Å². The van der Waals surface area contributed by atoms with Crippen molar-refractivity contribution in [2.24, 2.45) is 0 Å². The van der Waals surface area contributed by atoms with Crippen molar-refractivity contribution in [3.8, 4) is 28.6 Å². The number of carbonyl (C=O) groups excluding carboxylic acids is 1.